The van der Waals surface area contributed by atoms with Gasteiger partial charge in [0.25, 0.3) is 0 Å². The van der Waals surface area contributed by atoms with Crippen LogP contribution in [0.15, 0.2) is 18.2 Å². The summed E-state index contributed by atoms with van der Waals surface area (Å²) in [6.45, 7) is 0.455. The van der Waals surface area contributed by atoms with E-state index in [1.807, 2.05) is 6.07 Å². The van der Waals surface area contributed by atoms with Gasteiger partial charge in [0.15, 0.2) is 0 Å². The molecule has 0 saturated heterocycles. The van der Waals surface area contributed by atoms with Gasteiger partial charge >= 0.3 is 11.9 Å². The highest BCUT2D eigenvalue weighted by molar-refractivity contribution is 5.92. The van der Waals surface area contributed by atoms with Crippen molar-refractivity contribution in [2.24, 2.45) is 0 Å². The number of aliphatic carboxylic acids is 1. The molecule has 0 spiro atoms. The summed E-state index contributed by atoms with van der Waals surface area (Å²) in [6, 6.07) is 4.67. The molecule has 0 amide bonds. The first-order valence-electron chi connectivity index (χ1n) is 5.28. The molecule has 5 nitrogen and oxygen atoms in total. The topological polar surface area (TPSA) is 75.6 Å². The van der Waals surface area contributed by atoms with Crippen molar-refractivity contribution < 1.29 is 19.4 Å². The second-order valence-corrected chi connectivity index (χ2v) is 3.91. The lowest BCUT2D eigenvalue weighted by atomic mass is 9.91. The summed E-state index contributed by atoms with van der Waals surface area (Å²) >= 11 is 0. The third-order valence-corrected chi connectivity index (χ3v) is 2.92. The van der Waals surface area contributed by atoms with Crippen LogP contribution in [0, 0.1) is 0 Å². The predicted molar refractivity (Wildman–Crippen MR) is 59.7 cm³/mol. The molecule has 0 radical (unpaired) electrons. The summed E-state index contributed by atoms with van der Waals surface area (Å²) in [6.07, 6.45) is 0.302. The van der Waals surface area contributed by atoms with E-state index >= 15 is 0 Å². The Balaban J connectivity index is 2.39. The zero-order chi connectivity index (χ0) is 12.4. The lowest BCUT2D eigenvalue weighted by Gasteiger charge is -2.24. The summed E-state index contributed by atoms with van der Waals surface area (Å²) in [4.78, 5) is 22.5. The highest BCUT2D eigenvalue weighted by atomic mass is 16.5. The average Bonchev–Trinajstić information content (AvgIpc) is 2.36. The Hall–Kier alpha value is -1.88. The summed E-state index contributed by atoms with van der Waals surface area (Å²) in [5.74, 6) is -1.33. The normalized spacial score (nSPS) is 18.3. The Kier molecular flexibility index (Phi) is 3.10. The Labute approximate surface area is 98.4 Å². The van der Waals surface area contributed by atoms with Crippen molar-refractivity contribution in [3.05, 3.63) is 34.9 Å². The molecule has 0 aliphatic carbocycles. The minimum absolute atomic E-state index is 0.302. The number of carbonyl (C=O) groups excluding carboxylic acids is 1. The second-order valence-electron chi connectivity index (χ2n) is 3.91. The van der Waals surface area contributed by atoms with Crippen molar-refractivity contribution in [3.63, 3.8) is 0 Å². The summed E-state index contributed by atoms with van der Waals surface area (Å²) in [5, 5.41) is 11.9. The molecule has 0 saturated carbocycles. The first-order chi connectivity index (χ1) is 8.13. The van der Waals surface area contributed by atoms with Crippen LogP contribution in [0.1, 0.15) is 21.5 Å². The number of benzene rings is 1. The van der Waals surface area contributed by atoms with Crippen molar-refractivity contribution in [1.29, 1.82) is 0 Å². The van der Waals surface area contributed by atoms with Crippen LogP contribution in [-0.2, 0) is 22.5 Å². The van der Waals surface area contributed by atoms with E-state index in [-0.39, 0.29) is 0 Å². The number of methoxy groups -OCH3 is 1. The number of fused-ring (bicyclic) bond motifs is 1. The summed E-state index contributed by atoms with van der Waals surface area (Å²) in [7, 11) is 1.32. The van der Waals surface area contributed by atoms with Gasteiger partial charge in [-0.2, -0.15) is 0 Å². The van der Waals surface area contributed by atoms with Crippen molar-refractivity contribution in [2.75, 3.05) is 7.11 Å². The Morgan fingerprint density at radius 2 is 2.24 bits per heavy atom. The van der Waals surface area contributed by atoms with Gasteiger partial charge in [-0.05, 0) is 23.6 Å². The van der Waals surface area contributed by atoms with E-state index in [0.29, 0.717) is 18.5 Å². The minimum atomic E-state index is -0.907. The summed E-state index contributed by atoms with van der Waals surface area (Å²) < 4.78 is 4.69. The van der Waals surface area contributed by atoms with Crippen LogP contribution in [0.2, 0.25) is 0 Å². The first kappa shape index (κ1) is 11.6. The molecule has 1 unspecified atom stereocenters. The van der Waals surface area contributed by atoms with Crippen molar-refractivity contribution >= 4 is 11.9 Å². The Morgan fingerprint density at radius 3 is 2.88 bits per heavy atom. The number of carboxylic acids is 1. The number of hydrogen-bond donors (Lipinski definition) is 2. The molecule has 5 heteroatoms. The number of esters is 1. The first-order valence-corrected chi connectivity index (χ1v) is 5.28. The molecule has 1 aliphatic rings. The standard InChI is InChI=1S/C12H13NO4/c1-17-12(16)8-4-2-3-7-6-13-10(11(14)15)5-9(7)8/h2-4,10,13H,5-6H2,1H3,(H,14,15). The van der Waals surface area contributed by atoms with Crippen LogP contribution in [0.3, 0.4) is 0 Å². The van der Waals surface area contributed by atoms with Crippen molar-refractivity contribution in [3.8, 4) is 0 Å². The fraction of sp³-hybridized carbons (Fsp3) is 0.333. The number of rotatable bonds is 2. The second kappa shape index (κ2) is 4.55. The number of carboxylic acid groups (broad SMARTS) is 1. The van der Waals surface area contributed by atoms with E-state index in [9.17, 15) is 9.59 Å². The number of ether oxygens (including phenoxy) is 1. The maximum absolute atomic E-state index is 11.6. The molecule has 17 heavy (non-hydrogen) atoms. The quantitative estimate of drug-likeness (QED) is 0.733. The van der Waals surface area contributed by atoms with Gasteiger partial charge < -0.3 is 15.2 Å². The molecule has 90 valence electrons. The molecule has 0 fully saturated rings. The molecule has 1 atom stereocenters. The molecule has 0 aromatic heterocycles. The largest absolute Gasteiger partial charge is 0.480 e. The number of nitrogens with one attached hydrogen (secondary N) is 1. The van der Waals surface area contributed by atoms with E-state index < -0.39 is 18.0 Å². The molecule has 1 aliphatic heterocycles. The average molecular weight is 235 g/mol. The van der Waals surface area contributed by atoms with E-state index in [4.69, 9.17) is 9.84 Å². The zero-order valence-corrected chi connectivity index (χ0v) is 9.40. The fourth-order valence-electron chi connectivity index (χ4n) is 2.03. The van der Waals surface area contributed by atoms with Gasteiger partial charge in [-0.15, -0.1) is 0 Å². The third kappa shape index (κ3) is 2.14. The van der Waals surface area contributed by atoms with E-state index in [0.717, 1.165) is 11.1 Å². The van der Waals surface area contributed by atoms with Gasteiger partial charge in [-0.25, -0.2) is 4.79 Å². The minimum Gasteiger partial charge on any atom is -0.480 e. The molecular formula is C12H13NO4. The molecule has 1 aromatic rings. The fourth-order valence-corrected chi connectivity index (χ4v) is 2.03. The maximum atomic E-state index is 11.6. The molecule has 2 rings (SSSR count). The Morgan fingerprint density at radius 1 is 1.47 bits per heavy atom. The third-order valence-electron chi connectivity index (χ3n) is 2.92. The predicted octanol–water partition coefficient (Wildman–Crippen LogP) is 0.572. The van der Waals surface area contributed by atoms with Crippen LogP contribution in [0.5, 0.6) is 0 Å². The van der Waals surface area contributed by atoms with E-state index in [2.05, 4.69) is 5.32 Å². The van der Waals surface area contributed by atoms with E-state index in [1.54, 1.807) is 12.1 Å². The van der Waals surface area contributed by atoms with Gasteiger partial charge in [-0.1, -0.05) is 12.1 Å². The van der Waals surface area contributed by atoms with Crippen LogP contribution in [0.25, 0.3) is 0 Å². The smallest absolute Gasteiger partial charge is 0.338 e. The van der Waals surface area contributed by atoms with Crippen molar-refractivity contribution in [1.82, 2.24) is 5.32 Å². The van der Waals surface area contributed by atoms with Crippen molar-refractivity contribution in [2.45, 2.75) is 19.0 Å². The van der Waals surface area contributed by atoms with Gasteiger partial charge in [0, 0.05) is 6.54 Å². The molecule has 1 aromatic carbocycles. The number of carbonyl (C=O) groups is 2. The van der Waals surface area contributed by atoms with Gasteiger partial charge in [0.05, 0.1) is 12.7 Å². The van der Waals surface area contributed by atoms with Gasteiger partial charge in [0.1, 0.15) is 6.04 Å². The highest BCUT2D eigenvalue weighted by Crippen LogP contribution is 2.21. The monoisotopic (exact) mass is 235 g/mol. The van der Waals surface area contributed by atoms with Crippen LogP contribution in [0.4, 0.5) is 0 Å². The van der Waals surface area contributed by atoms with Crippen LogP contribution in [-0.4, -0.2) is 30.2 Å². The molecule has 1 heterocycles. The molecule has 2 N–H and O–H groups in total. The van der Waals surface area contributed by atoms with Gasteiger partial charge in [0.2, 0.25) is 0 Å². The van der Waals surface area contributed by atoms with E-state index in [1.165, 1.54) is 7.11 Å². The SMILES string of the molecule is COC(=O)c1cccc2c1CC(C(=O)O)NC2. The highest BCUT2D eigenvalue weighted by Gasteiger charge is 2.27. The molecule has 0 bridgehead atoms. The van der Waals surface area contributed by atoms with Crippen LogP contribution >= 0.6 is 0 Å². The molecular weight excluding hydrogens is 222 g/mol. The van der Waals surface area contributed by atoms with Gasteiger partial charge in [-0.3, -0.25) is 4.79 Å². The zero-order valence-electron chi connectivity index (χ0n) is 9.40. The lowest BCUT2D eigenvalue weighted by molar-refractivity contribution is -0.139. The maximum Gasteiger partial charge on any atom is 0.338 e. The Bertz CT molecular complexity index is 470. The lowest BCUT2D eigenvalue weighted by Crippen LogP contribution is -2.42. The van der Waals surface area contributed by atoms with Crippen LogP contribution < -0.4 is 5.32 Å². The number of hydrogen-bond acceptors (Lipinski definition) is 4. The summed E-state index contributed by atoms with van der Waals surface area (Å²) in [5.41, 5.74) is 2.17.